The fourth-order valence-corrected chi connectivity index (χ4v) is 1.78. The smallest absolute Gasteiger partial charge is 0.323 e. The molecule has 0 bridgehead atoms. The van der Waals surface area contributed by atoms with Gasteiger partial charge in [0.2, 0.25) is 5.91 Å². The Hall–Kier alpha value is -2.28. The van der Waals surface area contributed by atoms with Gasteiger partial charge in [-0.25, -0.2) is 0 Å². The van der Waals surface area contributed by atoms with Gasteiger partial charge in [-0.1, -0.05) is 35.7 Å². The van der Waals surface area contributed by atoms with E-state index in [4.69, 9.17) is 11.5 Å². The van der Waals surface area contributed by atoms with Crippen molar-refractivity contribution in [1.82, 2.24) is 4.90 Å². The van der Waals surface area contributed by atoms with Crippen molar-refractivity contribution in [2.45, 2.75) is 19.8 Å². The number of hydrogen-bond acceptors (Lipinski definition) is 2. The van der Waals surface area contributed by atoms with Crippen molar-refractivity contribution < 1.29 is 14.7 Å². The average Bonchev–Trinajstić information content (AvgIpc) is 2.35. The summed E-state index contributed by atoms with van der Waals surface area (Å²) in [6, 6.07) is 7.88. The maximum atomic E-state index is 11.9. The fourth-order valence-electron chi connectivity index (χ4n) is 1.78. The normalized spacial score (nSPS) is 9.68. The van der Waals surface area contributed by atoms with Gasteiger partial charge in [0.15, 0.2) is 0 Å². The van der Waals surface area contributed by atoms with Crippen LogP contribution in [0, 0.1) is 19.3 Å². The molecular formula is C15H17NO3. The van der Waals surface area contributed by atoms with E-state index in [1.165, 1.54) is 4.90 Å². The summed E-state index contributed by atoms with van der Waals surface area (Å²) in [7, 11) is 0. The molecule has 100 valence electrons. The molecule has 0 spiro atoms. The van der Waals surface area contributed by atoms with E-state index in [9.17, 15) is 9.59 Å². The van der Waals surface area contributed by atoms with Gasteiger partial charge in [0.05, 0.1) is 6.54 Å². The van der Waals surface area contributed by atoms with Crippen LogP contribution in [0.25, 0.3) is 0 Å². The van der Waals surface area contributed by atoms with Gasteiger partial charge in [-0.05, 0) is 18.9 Å². The predicted octanol–water partition coefficient (Wildman–Crippen LogP) is 1.47. The lowest BCUT2D eigenvalue weighted by Gasteiger charge is -2.17. The van der Waals surface area contributed by atoms with Gasteiger partial charge in [0, 0.05) is 6.42 Å². The monoisotopic (exact) mass is 259 g/mol. The summed E-state index contributed by atoms with van der Waals surface area (Å²) in [6.07, 6.45) is 5.98. The molecule has 1 aromatic carbocycles. The van der Waals surface area contributed by atoms with E-state index >= 15 is 0 Å². The summed E-state index contributed by atoms with van der Waals surface area (Å²) >= 11 is 0. The molecule has 4 nitrogen and oxygen atoms in total. The number of amides is 1. The third-order valence-electron chi connectivity index (χ3n) is 2.67. The van der Waals surface area contributed by atoms with E-state index in [-0.39, 0.29) is 25.4 Å². The summed E-state index contributed by atoms with van der Waals surface area (Å²) in [5.41, 5.74) is 2.19. The number of aliphatic carboxylic acids is 1. The van der Waals surface area contributed by atoms with E-state index in [1.54, 1.807) is 0 Å². The van der Waals surface area contributed by atoms with Crippen molar-refractivity contribution in [3.05, 3.63) is 35.4 Å². The first-order valence-corrected chi connectivity index (χ1v) is 6.01. The molecule has 19 heavy (non-hydrogen) atoms. The largest absolute Gasteiger partial charge is 0.480 e. The van der Waals surface area contributed by atoms with Gasteiger partial charge in [0.25, 0.3) is 0 Å². The van der Waals surface area contributed by atoms with Crippen molar-refractivity contribution in [3.8, 4) is 12.3 Å². The zero-order chi connectivity index (χ0) is 14.3. The summed E-state index contributed by atoms with van der Waals surface area (Å²) in [6.45, 7) is 1.66. The lowest BCUT2D eigenvalue weighted by Crippen LogP contribution is -2.36. The second kappa shape index (κ2) is 7.22. The quantitative estimate of drug-likeness (QED) is 0.787. The van der Waals surface area contributed by atoms with Crippen LogP contribution in [0.15, 0.2) is 24.3 Å². The third kappa shape index (κ3) is 5.26. The van der Waals surface area contributed by atoms with Crippen molar-refractivity contribution in [2.24, 2.45) is 0 Å². The molecule has 1 rings (SSSR count). The molecule has 0 aliphatic carbocycles. The number of benzene rings is 1. The van der Waals surface area contributed by atoms with Crippen LogP contribution in [-0.4, -0.2) is 35.0 Å². The van der Waals surface area contributed by atoms with Gasteiger partial charge >= 0.3 is 5.97 Å². The van der Waals surface area contributed by atoms with E-state index in [0.717, 1.165) is 11.1 Å². The number of carbonyl (C=O) groups excluding carboxylic acids is 1. The Bertz CT molecular complexity index is 502. The van der Waals surface area contributed by atoms with E-state index in [0.29, 0.717) is 6.42 Å². The summed E-state index contributed by atoms with van der Waals surface area (Å²) < 4.78 is 0. The maximum Gasteiger partial charge on any atom is 0.323 e. The Balaban J connectivity index is 2.57. The van der Waals surface area contributed by atoms with Crippen LogP contribution in [0.2, 0.25) is 0 Å². The molecule has 0 saturated carbocycles. The van der Waals surface area contributed by atoms with E-state index in [1.807, 2.05) is 31.2 Å². The first-order chi connectivity index (χ1) is 9.02. The molecule has 4 heteroatoms. The Kier molecular flexibility index (Phi) is 5.62. The minimum Gasteiger partial charge on any atom is -0.480 e. The van der Waals surface area contributed by atoms with Crippen molar-refractivity contribution in [2.75, 3.05) is 13.1 Å². The van der Waals surface area contributed by atoms with Gasteiger partial charge in [0.1, 0.15) is 6.54 Å². The average molecular weight is 259 g/mol. The van der Waals surface area contributed by atoms with Crippen LogP contribution >= 0.6 is 0 Å². The van der Waals surface area contributed by atoms with Gasteiger partial charge in [-0.15, -0.1) is 6.42 Å². The van der Waals surface area contributed by atoms with Crippen LogP contribution in [0.5, 0.6) is 0 Å². The van der Waals surface area contributed by atoms with Crippen LogP contribution in [-0.2, 0) is 16.0 Å². The summed E-state index contributed by atoms with van der Waals surface area (Å²) in [5, 5.41) is 8.72. The zero-order valence-electron chi connectivity index (χ0n) is 10.9. The van der Waals surface area contributed by atoms with Gasteiger partial charge < -0.3 is 10.0 Å². The molecule has 0 saturated heterocycles. The number of carbonyl (C=O) groups is 2. The van der Waals surface area contributed by atoms with Crippen LogP contribution in [0.4, 0.5) is 0 Å². The molecule has 0 aliphatic rings. The topological polar surface area (TPSA) is 57.6 Å². The molecule has 0 radical (unpaired) electrons. The first-order valence-electron chi connectivity index (χ1n) is 6.01. The summed E-state index contributed by atoms with van der Waals surface area (Å²) in [5.74, 6) is 1.01. The maximum absolute atomic E-state index is 11.9. The second-order valence-electron chi connectivity index (χ2n) is 4.34. The molecule has 0 aromatic heterocycles. The highest BCUT2D eigenvalue weighted by molar-refractivity contribution is 5.81. The minimum atomic E-state index is -1.06. The first kappa shape index (κ1) is 14.8. The molecular weight excluding hydrogens is 242 g/mol. The molecule has 0 heterocycles. The molecule has 0 fully saturated rings. The molecule has 1 amide bonds. The SMILES string of the molecule is C#CCN(CC(=O)O)C(=O)CCc1cccc(C)c1. The van der Waals surface area contributed by atoms with Gasteiger partial charge in [-0.2, -0.15) is 0 Å². The number of hydrogen-bond donors (Lipinski definition) is 1. The van der Waals surface area contributed by atoms with Crippen LogP contribution in [0.3, 0.4) is 0 Å². The highest BCUT2D eigenvalue weighted by atomic mass is 16.4. The van der Waals surface area contributed by atoms with Crippen LogP contribution < -0.4 is 0 Å². The highest BCUT2D eigenvalue weighted by Crippen LogP contribution is 2.08. The molecule has 1 aromatic rings. The molecule has 0 aliphatic heterocycles. The van der Waals surface area contributed by atoms with Crippen molar-refractivity contribution >= 4 is 11.9 Å². The predicted molar refractivity (Wildman–Crippen MR) is 72.5 cm³/mol. The lowest BCUT2D eigenvalue weighted by molar-refractivity contribution is -0.144. The van der Waals surface area contributed by atoms with E-state index in [2.05, 4.69) is 5.92 Å². The number of rotatable bonds is 6. The Morgan fingerprint density at radius 2 is 2.16 bits per heavy atom. The van der Waals surface area contributed by atoms with Crippen LogP contribution in [0.1, 0.15) is 17.5 Å². The fraction of sp³-hybridized carbons (Fsp3) is 0.333. The second-order valence-corrected chi connectivity index (χ2v) is 4.34. The molecule has 1 N–H and O–H groups in total. The Morgan fingerprint density at radius 3 is 2.74 bits per heavy atom. The number of nitrogens with zero attached hydrogens (tertiary/aromatic N) is 1. The molecule has 0 atom stereocenters. The van der Waals surface area contributed by atoms with E-state index < -0.39 is 5.97 Å². The highest BCUT2D eigenvalue weighted by Gasteiger charge is 2.15. The third-order valence-corrected chi connectivity index (χ3v) is 2.67. The zero-order valence-corrected chi connectivity index (χ0v) is 10.9. The standard InChI is InChI=1S/C15H17NO3/c1-3-9-16(11-15(18)19)14(17)8-7-13-6-4-5-12(2)10-13/h1,4-6,10H,7-9,11H2,2H3,(H,18,19). The minimum absolute atomic E-state index is 0.0267. The number of terminal acetylenes is 1. The Morgan fingerprint density at radius 1 is 1.42 bits per heavy atom. The van der Waals surface area contributed by atoms with Crippen molar-refractivity contribution in [3.63, 3.8) is 0 Å². The number of aryl methyl sites for hydroxylation is 2. The van der Waals surface area contributed by atoms with Gasteiger partial charge in [-0.3, -0.25) is 9.59 Å². The molecule has 0 unspecified atom stereocenters. The Labute approximate surface area is 113 Å². The summed E-state index contributed by atoms with van der Waals surface area (Å²) in [4.78, 5) is 23.7. The number of carboxylic acid groups (broad SMARTS) is 1. The lowest BCUT2D eigenvalue weighted by atomic mass is 10.1. The number of carboxylic acids is 1. The van der Waals surface area contributed by atoms with Crippen molar-refractivity contribution in [1.29, 1.82) is 0 Å².